The summed E-state index contributed by atoms with van der Waals surface area (Å²) in [5.41, 5.74) is 2.39. The van der Waals surface area contributed by atoms with E-state index in [1.165, 1.54) is 24.8 Å². The van der Waals surface area contributed by atoms with Crippen molar-refractivity contribution >= 4 is 0 Å². The van der Waals surface area contributed by atoms with Crippen LogP contribution in [0.4, 0.5) is 0 Å². The van der Waals surface area contributed by atoms with E-state index in [0.29, 0.717) is 0 Å². The van der Waals surface area contributed by atoms with Crippen LogP contribution in [0.1, 0.15) is 63.2 Å². The molecule has 2 rings (SSSR count). The second kappa shape index (κ2) is 4.21. The van der Waals surface area contributed by atoms with Crippen LogP contribution in [-0.2, 0) is 0 Å². The maximum atomic E-state index is 10.2. The molecule has 1 atom stereocenters. The molecule has 16 heavy (non-hydrogen) atoms. The third kappa shape index (κ3) is 2.30. The molecule has 1 aromatic rings. The fraction of sp³-hybridized carbons (Fsp3) is 0.600. The van der Waals surface area contributed by atoms with Crippen LogP contribution >= 0.6 is 0 Å². The Morgan fingerprint density at radius 1 is 1.12 bits per heavy atom. The highest BCUT2D eigenvalue weighted by atomic mass is 16.3. The molecule has 1 aliphatic carbocycles. The van der Waals surface area contributed by atoms with Crippen molar-refractivity contribution in [2.75, 3.05) is 0 Å². The first-order valence-electron chi connectivity index (χ1n) is 6.26. The van der Waals surface area contributed by atoms with Gasteiger partial charge in [0.25, 0.3) is 0 Å². The van der Waals surface area contributed by atoms with Crippen molar-refractivity contribution in [2.24, 2.45) is 5.41 Å². The molecule has 0 spiro atoms. The minimum absolute atomic E-state index is 0.0853. The van der Waals surface area contributed by atoms with E-state index in [2.05, 4.69) is 45.0 Å². The molecule has 88 valence electrons. The predicted molar refractivity (Wildman–Crippen MR) is 67.4 cm³/mol. The van der Waals surface area contributed by atoms with Crippen molar-refractivity contribution in [3.8, 4) is 0 Å². The van der Waals surface area contributed by atoms with Gasteiger partial charge in [-0.3, -0.25) is 0 Å². The summed E-state index contributed by atoms with van der Waals surface area (Å²) in [5.74, 6) is 0.779. The van der Waals surface area contributed by atoms with Crippen LogP contribution in [0.25, 0.3) is 0 Å². The largest absolute Gasteiger partial charge is 0.388 e. The van der Waals surface area contributed by atoms with Crippen molar-refractivity contribution in [3.05, 3.63) is 35.4 Å². The summed E-state index contributed by atoms with van der Waals surface area (Å²) < 4.78 is 0. The van der Waals surface area contributed by atoms with E-state index >= 15 is 0 Å². The third-order valence-electron chi connectivity index (χ3n) is 3.65. The highest BCUT2D eigenvalue weighted by Crippen LogP contribution is 2.38. The summed E-state index contributed by atoms with van der Waals surface area (Å²) in [5, 5.41) is 10.2. The SMILES string of the molecule is CC(C)(C)C(O)c1ccc(C2CCC2)cc1. The quantitative estimate of drug-likeness (QED) is 0.794. The van der Waals surface area contributed by atoms with Gasteiger partial charge in [0, 0.05) is 0 Å². The highest BCUT2D eigenvalue weighted by Gasteiger charge is 2.24. The van der Waals surface area contributed by atoms with Gasteiger partial charge in [0.1, 0.15) is 0 Å². The summed E-state index contributed by atoms with van der Waals surface area (Å²) >= 11 is 0. The molecular weight excluding hydrogens is 196 g/mol. The Hall–Kier alpha value is -0.820. The van der Waals surface area contributed by atoms with E-state index in [0.717, 1.165) is 11.5 Å². The average molecular weight is 218 g/mol. The Morgan fingerprint density at radius 2 is 1.69 bits per heavy atom. The lowest BCUT2D eigenvalue weighted by Crippen LogP contribution is -2.18. The van der Waals surface area contributed by atoms with Crippen LogP contribution in [0.5, 0.6) is 0 Å². The molecular formula is C15H22O. The monoisotopic (exact) mass is 218 g/mol. The molecule has 0 bridgehead atoms. The molecule has 1 saturated carbocycles. The third-order valence-corrected chi connectivity index (χ3v) is 3.65. The van der Waals surface area contributed by atoms with Gasteiger partial charge < -0.3 is 5.11 Å². The number of aliphatic hydroxyl groups excluding tert-OH is 1. The molecule has 0 saturated heterocycles. The van der Waals surface area contributed by atoms with E-state index in [9.17, 15) is 5.11 Å². The molecule has 0 heterocycles. The minimum Gasteiger partial charge on any atom is -0.388 e. The maximum absolute atomic E-state index is 10.2. The molecule has 1 N–H and O–H groups in total. The Labute approximate surface area is 98.5 Å². The van der Waals surface area contributed by atoms with E-state index in [1.54, 1.807) is 0 Å². The number of hydrogen-bond donors (Lipinski definition) is 1. The van der Waals surface area contributed by atoms with Gasteiger partial charge in [-0.2, -0.15) is 0 Å². The Bertz CT molecular complexity index is 341. The molecule has 0 amide bonds. The molecule has 0 aromatic heterocycles. The van der Waals surface area contributed by atoms with Gasteiger partial charge in [-0.05, 0) is 35.3 Å². The number of benzene rings is 1. The summed E-state index contributed by atoms with van der Waals surface area (Å²) in [6.07, 6.45) is 3.67. The van der Waals surface area contributed by atoms with E-state index in [4.69, 9.17) is 0 Å². The van der Waals surface area contributed by atoms with Crippen LogP contribution < -0.4 is 0 Å². The lowest BCUT2D eigenvalue weighted by atomic mass is 9.79. The lowest BCUT2D eigenvalue weighted by molar-refractivity contribution is 0.0626. The zero-order valence-electron chi connectivity index (χ0n) is 10.5. The normalized spacial score (nSPS) is 19.2. The number of aliphatic hydroxyl groups is 1. The first-order valence-corrected chi connectivity index (χ1v) is 6.26. The van der Waals surface area contributed by atoms with E-state index in [-0.39, 0.29) is 11.5 Å². The van der Waals surface area contributed by atoms with E-state index < -0.39 is 0 Å². The standard InChI is InChI=1S/C15H22O/c1-15(2,3)14(16)13-9-7-12(8-10-13)11-5-4-6-11/h7-11,14,16H,4-6H2,1-3H3. The fourth-order valence-electron chi connectivity index (χ4n) is 2.19. The molecule has 1 heteroatoms. The molecule has 1 aromatic carbocycles. The van der Waals surface area contributed by atoms with Crippen molar-refractivity contribution in [1.29, 1.82) is 0 Å². The molecule has 0 aliphatic heterocycles. The highest BCUT2D eigenvalue weighted by molar-refractivity contribution is 5.28. The average Bonchev–Trinajstić information content (AvgIpc) is 2.14. The van der Waals surface area contributed by atoms with Crippen LogP contribution in [0.3, 0.4) is 0 Å². The summed E-state index contributed by atoms with van der Waals surface area (Å²) in [6.45, 7) is 6.20. The minimum atomic E-state index is -0.372. The van der Waals surface area contributed by atoms with Crippen molar-refractivity contribution < 1.29 is 5.11 Å². The molecule has 1 fully saturated rings. The number of hydrogen-bond acceptors (Lipinski definition) is 1. The molecule has 1 aliphatic rings. The maximum Gasteiger partial charge on any atom is 0.0838 e. The van der Waals surface area contributed by atoms with Crippen LogP contribution in [-0.4, -0.2) is 5.11 Å². The van der Waals surface area contributed by atoms with Gasteiger partial charge in [0.15, 0.2) is 0 Å². The smallest absolute Gasteiger partial charge is 0.0838 e. The van der Waals surface area contributed by atoms with Gasteiger partial charge in [0.2, 0.25) is 0 Å². The second-order valence-electron chi connectivity index (χ2n) is 6.06. The van der Waals surface area contributed by atoms with Crippen LogP contribution in [0.2, 0.25) is 0 Å². The van der Waals surface area contributed by atoms with Crippen molar-refractivity contribution in [3.63, 3.8) is 0 Å². The van der Waals surface area contributed by atoms with Gasteiger partial charge in [-0.25, -0.2) is 0 Å². The summed E-state index contributed by atoms with van der Waals surface area (Å²) in [4.78, 5) is 0. The van der Waals surface area contributed by atoms with Crippen LogP contribution in [0, 0.1) is 5.41 Å². The van der Waals surface area contributed by atoms with Gasteiger partial charge in [0.05, 0.1) is 6.10 Å². The number of rotatable bonds is 2. The van der Waals surface area contributed by atoms with Gasteiger partial charge in [-0.15, -0.1) is 0 Å². The van der Waals surface area contributed by atoms with Gasteiger partial charge >= 0.3 is 0 Å². The van der Waals surface area contributed by atoms with Crippen molar-refractivity contribution in [1.82, 2.24) is 0 Å². The molecule has 1 unspecified atom stereocenters. The van der Waals surface area contributed by atoms with E-state index in [1.807, 2.05) is 0 Å². The van der Waals surface area contributed by atoms with Gasteiger partial charge in [-0.1, -0.05) is 51.5 Å². The zero-order chi connectivity index (χ0) is 11.8. The summed E-state index contributed by atoms with van der Waals surface area (Å²) in [7, 11) is 0. The first kappa shape index (κ1) is 11.7. The second-order valence-corrected chi connectivity index (χ2v) is 6.06. The molecule has 0 radical (unpaired) electrons. The van der Waals surface area contributed by atoms with Crippen molar-refractivity contribution in [2.45, 2.75) is 52.1 Å². The Morgan fingerprint density at radius 3 is 2.06 bits per heavy atom. The Kier molecular flexibility index (Phi) is 3.07. The topological polar surface area (TPSA) is 20.2 Å². The predicted octanol–water partition coefficient (Wildman–Crippen LogP) is 4.03. The molecule has 1 nitrogen and oxygen atoms in total. The zero-order valence-corrected chi connectivity index (χ0v) is 10.5. The first-order chi connectivity index (χ1) is 7.48. The Balaban J connectivity index is 2.12. The summed E-state index contributed by atoms with van der Waals surface area (Å²) in [6, 6.07) is 8.55. The lowest BCUT2D eigenvalue weighted by Gasteiger charge is -2.28. The van der Waals surface area contributed by atoms with Crippen LogP contribution in [0.15, 0.2) is 24.3 Å². The fourth-order valence-corrected chi connectivity index (χ4v) is 2.19.